The van der Waals surface area contributed by atoms with E-state index >= 15 is 0 Å². The number of hydrogen-bond donors (Lipinski definition) is 1. The number of rotatable bonds is 5. The summed E-state index contributed by atoms with van der Waals surface area (Å²) in [6.07, 6.45) is 2.21. The Morgan fingerprint density at radius 2 is 1.95 bits per heavy atom. The number of benzene rings is 1. The maximum Gasteiger partial charge on any atom is 0.0450 e. The number of nitrogens with one attached hydrogen (secondary N) is 1. The van der Waals surface area contributed by atoms with Crippen LogP contribution in [0.1, 0.15) is 32.4 Å². The molecule has 0 aromatic heterocycles. The van der Waals surface area contributed by atoms with Crippen LogP contribution >= 0.6 is 11.8 Å². The van der Waals surface area contributed by atoms with Crippen molar-refractivity contribution in [2.75, 3.05) is 25.1 Å². The van der Waals surface area contributed by atoms with Crippen LogP contribution in [0.4, 0.5) is 0 Å². The molecule has 1 fully saturated rings. The summed E-state index contributed by atoms with van der Waals surface area (Å²) in [4.78, 5) is 2.72. The molecule has 0 aliphatic carbocycles. The fraction of sp³-hybridized carbons (Fsp3) is 0.647. The average Bonchev–Trinajstić information content (AvgIpc) is 2.47. The summed E-state index contributed by atoms with van der Waals surface area (Å²) in [7, 11) is 0. The standard InChI is InChI=1S/C17H28N2S/c1-13(2)17-10-18-16(15-8-6-5-7-9-15)11-19(17)14(3)12-20-4/h5-9,13-14,16-18H,10-12H2,1-4H3. The third kappa shape index (κ3) is 3.78. The van der Waals surface area contributed by atoms with Gasteiger partial charge in [-0.05, 0) is 24.7 Å². The molecule has 1 aliphatic heterocycles. The molecular weight excluding hydrogens is 264 g/mol. The number of thioether (sulfide) groups is 1. The van der Waals surface area contributed by atoms with Crippen LogP contribution in [0.2, 0.25) is 0 Å². The van der Waals surface area contributed by atoms with Gasteiger partial charge in [0.2, 0.25) is 0 Å². The van der Waals surface area contributed by atoms with Crippen LogP contribution in [0, 0.1) is 5.92 Å². The first kappa shape index (κ1) is 15.9. The van der Waals surface area contributed by atoms with Gasteiger partial charge in [-0.3, -0.25) is 4.90 Å². The van der Waals surface area contributed by atoms with Crippen LogP contribution in [-0.2, 0) is 0 Å². The normalized spacial score (nSPS) is 25.9. The van der Waals surface area contributed by atoms with E-state index in [1.807, 2.05) is 11.8 Å². The summed E-state index contributed by atoms with van der Waals surface area (Å²) < 4.78 is 0. The van der Waals surface area contributed by atoms with Gasteiger partial charge in [0.15, 0.2) is 0 Å². The largest absolute Gasteiger partial charge is 0.307 e. The van der Waals surface area contributed by atoms with Gasteiger partial charge in [-0.15, -0.1) is 0 Å². The Morgan fingerprint density at radius 3 is 2.55 bits per heavy atom. The van der Waals surface area contributed by atoms with E-state index in [1.165, 1.54) is 11.3 Å². The molecule has 1 N–H and O–H groups in total. The molecule has 0 amide bonds. The van der Waals surface area contributed by atoms with E-state index < -0.39 is 0 Å². The molecule has 1 heterocycles. The van der Waals surface area contributed by atoms with Crippen molar-refractivity contribution in [2.24, 2.45) is 5.92 Å². The lowest BCUT2D eigenvalue weighted by Crippen LogP contribution is -2.58. The SMILES string of the molecule is CSCC(C)N1CC(c2ccccc2)NCC1C(C)C. The van der Waals surface area contributed by atoms with Gasteiger partial charge in [-0.2, -0.15) is 11.8 Å². The fourth-order valence-electron chi connectivity index (χ4n) is 3.16. The zero-order chi connectivity index (χ0) is 14.5. The van der Waals surface area contributed by atoms with Crippen molar-refractivity contribution in [2.45, 2.75) is 38.9 Å². The fourth-order valence-corrected chi connectivity index (χ4v) is 3.84. The highest BCUT2D eigenvalue weighted by molar-refractivity contribution is 7.98. The third-order valence-corrected chi connectivity index (χ3v) is 5.15. The highest BCUT2D eigenvalue weighted by Crippen LogP contribution is 2.25. The molecule has 20 heavy (non-hydrogen) atoms. The lowest BCUT2D eigenvalue weighted by atomic mass is 9.94. The number of hydrogen-bond acceptors (Lipinski definition) is 3. The van der Waals surface area contributed by atoms with Crippen molar-refractivity contribution in [1.29, 1.82) is 0 Å². The smallest absolute Gasteiger partial charge is 0.0450 e. The van der Waals surface area contributed by atoms with E-state index in [0.717, 1.165) is 13.1 Å². The molecular formula is C17H28N2S. The van der Waals surface area contributed by atoms with Crippen molar-refractivity contribution in [3.8, 4) is 0 Å². The Kier molecular flexibility index (Phi) is 5.94. The van der Waals surface area contributed by atoms with Gasteiger partial charge < -0.3 is 5.32 Å². The second kappa shape index (κ2) is 7.48. The second-order valence-corrected chi connectivity index (χ2v) is 7.09. The average molecular weight is 292 g/mol. The molecule has 1 aromatic rings. The molecule has 0 bridgehead atoms. The molecule has 1 aromatic carbocycles. The Morgan fingerprint density at radius 1 is 1.25 bits per heavy atom. The van der Waals surface area contributed by atoms with E-state index in [-0.39, 0.29) is 0 Å². The molecule has 1 aliphatic rings. The minimum absolute atomic E-state index is 0.468. The quantitative estimate of drug-likeness (QED) is 0.895. The first-order valence-electron chi connectivity index (χ1n) is 7.66. The van der Waals surface area contributed by atoms with Crippen molar-refractivity contribution >= 4 is 11.8 Å². The van der Waals surface area contributed by atoms with Crippen LogP contribution in [0.5, 0.6) is 0 Å². The predicted molar refractivity (Wildman–Crippen MR) is 90.4 cm³/mol. The number of nitrogens with zero attached hydrogens (tertiary/aromatic N) is 1. The van der Waals surface area contributed by atoms with E-state index in [2.05, 4.69) is 67.6 Å². The van der Waals surface area contributed by atoms with Gasteiger partial charge >= 0.3 is 0 Å². The van der Waals surface area contributed by atoms with Crippen LogP contribution in [0.15, 0.2) is 30.3 Å². The Labute approximate surface area is 128 Å². The zero-order valence-corrected chi connectivity index (χ0v) is 14.0. The van der Waals surface area contributed by atoms with Crippen LogP contribution < -0.4 is 5.32 Å². The molecule has 3 unspecified atom stereocenters. The first-order valence-corrected chi connectivity index (χ1v) is 9.06. The molecule has 112 valence electrons. The van der Waals surface area contributed by atoms with Gasteiger partial charge in [0.1, 0.15) is 0 Å². The lowest BCUT2D eigenvalue weighted by molar-refractivity contribution is 0.0708. The van der Waals surface area contributed by atoms with Crippen molar-refractivity contribution < 1.29 is 0 Å². The van der Waals surface area contributed by atoms with Gasteiger partial charge in [0.25, 0.3) is 0 Å². The van der Waals surface area contributed by atoms with Crippen LogP contribution in [0.25, 0.3) is 0 Å². The second-order valence-electron chi connectivity index (χ2n) is 6.18. The molecule has 2 nitrogen and oxygen atoms in total. The van der Waals surface area contributed by atoms with Crippen LogP contribution in [0.3, 0.4) is 0 Å². The molecule has 3 atom stereocenters. The monoisotopic (exact) mass is 292 g/mol. The minimum Gasteiger partial charge on any atom is -0.307 e. The Bertz CT molecular complexity index is 393. The Balaban J connectivity index is 2.11. The topological polar surface area (TPSA) is 15.3 Å². The lowest BCUT2D eigenvalue weighted by Gasteiger charge is -2.45. The first-order chi connectivity index (χ1) is 9.63. The van der Waals surface area contributed by atoms with Crippen molar-refractivity contribution in [1.82, 2.24) is 10.2 Å². The van der Waals surface area contributed by atoms with Crippen molar-refractivity contribution in [3.05, 3.63) is 35.9 Å². The number of piperazine rings is 1. The summed E-state index contributed by atoms with van der Waals surface area (Å²) >= 11 is 1.95. The van der Waals surface area contributed by atoms with Crippen molar-refractivity contribution in [3.63, 3.8) is 0 Å². The maximum absolute atomic E-state index is 3.75. The maximum atomic E-state index is 3.75. The highest BCUT2D eigenvalue weighted by atomic mass is 32.2. The summed E-state index contributed by atoms with van der Waals surface area (Å²) in [6.45, 7) is 9.27. The van der Waals surface area contributed by atoms with E-state index in [0.29, 0.717) is 24.0 Å². The molecule has 1 saturated heterocycles. The highest BCUT2D eigenvalue weighted by Gasteiger charge is 2.32. The molecule has 0 saturated carbocycles. The minimum atomic E-state index is 0.468. The third-order valence-electron chi connectivity index (χ3n) is 4.34. The molecule has 0 spiro atoms. The van der Waals surface area contributed by atoms with Gasteiger partial charge in [0, 0.05) is 37.0 Å². The Hall–Kier alpha value is -0.510. The summed E-state index contributed by atoms with van der Waals surface area (Å²) in [5, 5.41) is 3.75. The molecule has 2 rings (SSSR count). The van der Waals surface area contributed by atoms with Gasteiger partial charge in [-0.1, -0.05) is 44.2 Å². The summed E-state index contributed by atoms with van der Waals surface area (Å²) in [5.41, 5.74) is 1.41. The molecule has 0 radical (unpaired) electrons. The van der Waals surface area contributed by atoms with E-state index in [1.54, 1.807) is 0 Å². The van der Waals surface area contributed by atoms with Crippen LogP contribution in [-0.4, -0.2) is 42.1 Å². The summed E-state index contributed by atoms with van der Waals surface area (Å²) in [5.74, 6) is 1.91. The predicted octanol–water partition coefficient (Wildman–Crippen LogP) is 3.41. The molecule has 3 heteroatoms. The van der Waals surface area contributed by atoms with E-state index in [9.17, 15) is 0 Å². The zero-order valence-electron chi connectivity index (χ0n) is 13.2. The van der Waals surface area contributed by atoms with Gasteiger partial charge in [-0.25, -0.2) is 0 Å². The van der Waals surface area contributed by atoms with Gasteiger partial charge in [0.05, 0.1) is 0 Å². The summed E-state index contributed by atoms with van der Waals surface area (Å²) in [6, 6.07) is 12.6. The van der Waals surface area contributed by atoms with E-state index in [4.69, 9.17) is 0 Å².